The van der Waals surface area contributed by atoms with Crippen molar-refractivity contribution in [2.45, 2.75) is 0 Å². The number of amides is 2. The number of halogens is 1. The zero-order valence-corrected chi connectivity index (χ0v) is 13.5. The third kappa shape index (κ3) is 2.88. The van der Waals surface area contributed by atoms with Crippen LogP contribution in [0.4, 0.5) is 5.69 Å². The Balaban J connectivity index is 2.62. The van der Waals surface area contributed by atoms with Gasteiger partial charge >= 0.3 is 5.69 Å². The smallest absolute Gasteiger partial charge is 0.312 e. The number of carbonyl (C=O) groups is 2. The molecule has 0 radical (unpaired) electrons. The van der Waals surface area contributed by atoms with Crippen molar-refractivity contribution in [2.75, 3.05) is 14.1 Å². The van der Waals surface area contributed by atoms with Gasteiger partial charge in [0.15, 0.2) is 5.11 Å². The minimum absolute atomic E-state index is 0.0192. The number of phenolic OH excluding ortho intramolecular Hbond substituents is 1. The summed E-state index contributed by atoms with van der Waals surface area (Å²) in [6.45, 7) is 0. The molecule has 8 nitrogen and oxygen atoms in total. The first-order valence-electron chi connectivity index (χ1n) is 6.13. The molecule has 1 saturated heterocycles. The quantitative estimate of drug-likeness (QED) is 0.284. The molecule has 1 N–H and O–H groups in total. The van der Waals surface area contributed by atoms with Crippen LogP contribution in [-0.4, -0.2) is 50.9 Å². The Kier molecular flexibility index (Phi) is 4.35. The summed E-state index contributed by atoms with van der Waals surface area (Å²) in [6.07, 6.45) is 1.05. The van der Waals surface area contributed by atoms with E-state index in [1.54, 1.807) is 0 Å². The van der Waals surface area contributed by atoms with Crippen molar-refractivity contribution in [3.05, 3.63) is 38.4 Å². The summed E-state index contributed by atoms with van der Waals surface area (Å²) in [6, 6.07) is 2.18. The zero-order chi connectivity index (χ0) is 17.5. The summed E-state index contributed by atoms with van der Waals surface area (Å²) >= 11 is 10.7. The molecule has 1 heterocycles. The number of aromatic hydroxyl groups is 1. The summed E-state index contributed by atoms with van der Waals surface area (Å²) in [5, 5.41) is 20.9. The molecule has 10 heteroatoms. The molecule has 0 atom stereocenters. The van der Waals surface area contributed by atoms with Crippen LogP contribution >= 0.6 is 23.8 Å². The summed E-state index contributed by atoms with van der Waals surface area (Å²) < 4.78 is 0. The van der Waals surface area contributed by atoms with E-state index in [1.165, 1.54) is 20.2 Å². The van der Waals surface area contributed by atoms with E-state index in [0.29, 0.717) is 0 Å². The Bertz CT molecular complexity index is 766. The Hall–Kier alpha value is -2.52. The second kappa shape index (κ2) is 5.94. The molecule has 0 saturated carbocycles. The van der Waals surface area contributed by atoms with Gasteiger partial charge < -0.3 is 5.11 Å². The van der Waals surface area contributed by atoms with Crippen LogP contribution in [0.5, 0.6) is 5.75 Å². The minimum atomic E-state index is -0.818. The predicted octanol–water partition coefficient (Wildman–Crippen LogP) is 1.55. The lowest BCUT2D eigenvalue weighted by Crippen LogP contribution is -2.52. The van der Waals surface area contributed by atoms with Crippen molar-refractivity contribution in [1.29, 1.82) is 0 Å². The van der Waals surface area contributed by atoms with E-state index in [4.69, 9.17) is 23.8 Å². The van der Waals surface area contributed by atoms with Crippen LogP contribution in [0, 0.1) is 10.1 Å². The van der Waals surface area contributed by atoms with Gasteiger partial charge in [0.05, 0.1) is 4.92 Å². The van der Waals surface area contributed by atoms with Gasteiger partial charge in [-0.15, -0.1) is 0 Å². The summed E-state index contributed by atoms with van der Waals surface area (Å²) in [4.78, 5) is 36.6. The standard InChI is InChI=1S/C13H10ClN3O5S/c1-15-11(19)8(12(20)16(2)13(15)23)4-6-3-7(14)5-9(10(6)18)17(21)22/h3-5,18H,1-2H3. The van der Waals surface area contributed by atoms with Crippen LogP contribution in [0.2, 0.25) is 5.02 Å². The third-order valence-electron chi connectivity index (χ3n) is 3.22. The van der Waals surface area contributed by atoms with Crippen LogP contribution in [0.15, 0.2) is 17.7 Å². The number of nitro benzene ring substituents is 1. The van der Waals surface area contributed by atoms with Crippen molar-refractivity contribution in [3.63, 3.8) is 0 Å². The largest absolute Gasteiger partial charge is 0.502 e. The Morgan fingerprint density at radius 3 is 2.26 bits per heavy atom. The molecule has 2 amide bonds. The molecule has 0 aromatic heterocycles. The number of hydrogen-bond acceptors (Lipinski definition) is 6. The number of thiocarbonyl (C=S) groups is 1. The lowest BCUT2D eigenvalue weighted by Gasteiger charge is -2.31. The molecule has 0 unspecified atom stereocenters. The van der Waals surface area contributed by atoms with Crippen LogP contribution in [0.3, 0.4) is 0 Å². The van der Waals surface area contributed by atoms with E-state index in [9.17, 15) is 24.8 Å². The summed E-state index contributed by atoms with van der Waals surface area (Å²) in [5.41, 5.74) is -1.04. The summed E-state index contributed by atoms with van der Waals surface area (Å²) in [7, 11) is 2.78. The minimum Gasteiger partial charge on any atom is -0.502 e. The molecule has 1 fully saturated rings. The second-order valence-corrected chi connectivity index (χ2v) is 5.49. The highest BCUT2D eigenvalue weighted by atomic mass is 35.5. The van der Waals surface area contributed by atoms with Crippen molar-refractivity contribution >= 4 is 52.5 Å². The molecule has 0 aliphatic carbocycles. The van der Waals surface area contributed by atoms with Gasteiger partial charge in [-0.3, -0.25) is 29.5 Å². The fourth-order valence-corrected chi connectivity index (χ4v) is 2.37. The Morgan fingerprint density at radius 2 is 1.78 bits per heavy atom. The van der Waals surface area contributed by atoms with Crippen molar-refractivity contribution < 1.29 is 19.6 Å². The monoisotopic (exact) mass is 355 g/mol. The van der Waals surface area contributed by atoms with Gasteiger partial charge in [0.2, 0.25) is 5.75 Å². The third-order valence-corrected chi connectivity index (χ3v) is 3.99. The molecule has 1 aliphatic heterocycles. The normalized spacial score (nSPS) is 15.3. The summed E-state index contributed by atoms with van der Waals surface area (Å²) in [5.74, 6) is -2.05. The van der Waals surface area contributed by atoms with Gasteiger partial charge in [-0.05, 0) is 24.4 Å². The number of phenols is 1. The fraction of sp³-hybridized carbons (Fsp3) is 0.154. The highest BCUT2D eigenvalue weighted by Gasteiger charge is 2.35. The lowest BCUT2D eigenvalue weighted by atomic mass is 10.1. The van der Waals surface area contributed by atoms with Crippen molar-refractivity contribution in [1.82, 2.24) is 9.80 Å². The van der Waals surface area contributed by atoms with E-state index in [0.717, 1.165) is 21.9 Å². The average molecular weight is 356 g/mol. The van der Waals surface area contributed by atoms with E-state index < -0.39 is 28.2 Å². The number of nitrogens with zero attached hydrogens (tertiary/aromatic N) is 3. The SMILES string of the molecule is CN1C(=O)C(=Cc2cc(Cl)cc([N+](=O)[O-])c2O)C(=O)N(C)C1=S. The number of benzene rings is 1. The highest BCUT2D eigenvalue weighted by molar-refractivity contribution is 7.80. The van der Waals surface area contributed by atoms with E-state index in [1.807, 2.05) is 0 Å². The van der Waals surface area contributed by atoms with E-state index in [2.05, 4.69) is 0 Å². The maximum Gasteiger partial charge on any atom is 0.312 e. The van der Waals surface area contributed by atoms with Crippen LogP contribution < -0.4 is 0 Å². The molecule has 2 rings (SSSR count). The molecule has 23 heavy (non-hydrogen) atoms. The number of carbonyl (C=O) groups excluding carboxylic acids is 2. The van der Waals surface area contributed by atoms with Crippen molar-refractivity contribution in [3.8, 4) is 5.75 Å². The van der Waals surface area contributed by atoms with Crippen LogP contribution in [0.1, 0.15) is 5.56 Å². The van der Waals surface area contributed by atoms with Gasteiger partial charge in [0, 0.05) is 30.7 Å². The molecule has 1 aromatic rings. The number of nitro groups is 1. The predicted molar refractivity (Wildman–Crippen MR) is 85.9 cm³/mol. The van der Waals surface area contributed by atoms with Crippen LogP contribution in [0.25, 0.3) is 6.08 Å². The fourth-order valence-electron chi connectivity index (χ4n) is 1.99. The number of hydrogen-bond donors (Lipinski definition) is 1. The topological polar surface area (TPSA) is 104 Å². The molecule has 0 spiro atoms. The Morgan fingerprint density at radius 1 is 1.26 bits per heavy atom. The lowest BCUT2D eigenvalue weighted by molar-refractivity contribution is -0.385. The van der Waals surface area contributed by atoms with Gasteiger partial charge in [-0.2, -0.15) is 0 Å². The van der Waals surface area contributed by atoms with E-state index >= 15 is 0 Å². The zero-order valence-electron chi connectivity index (χ0n) is 11.9. The van der Waals surface area contributed by atoms with Gasteiger partial charge in [-0.25, -0.2) is 0 Å². The van der Waals surface area contributed by atoms with Gasteiger partial charge in [0.1, 0.15) is 5.57 Å². The maximum absolute atomic E-state index is 12.2. The molecule has 1 aliphatic rings. The first-order chi connectivity index (χ1) is 10.6. The highest BCUT2D eigenvalue weighted by Crippen LogP contribution is 2.35. The molecule has 0 bridgehead atoms. The average Bonchev–Trinajstić information content (AvgIpc) is 2.50. The number of likely N-dealkylation sites (N-methyl/N-ethyl adjacent to an activating group) is 2. The molecular formula is C13H10ClN3O5S. The second-order valence-electron chi connectivity index (χ2n) is 4.69. The molecule has 120 valence electrons. The first kappa shape index (κ1) is 16.8. The van der Waals surface area contributed by atoms with Gasteiger partial charge in [0.25, 0.3) is 11.8 Å². The Labute approximate surface area is 140 Å². The first-order valence-corrected chi connectivity index (χ1v) is 6.92. The molecular weight excluding hydrogens is 346 g/mol. The van der Waals surface area contributed by atoms with Gasteiger partial charge in [-0.1, -0.05) is 11.6 Å². The number of rotatable bonds is 2. The van der Waals surface area contributed by atoms with E-state index in [-0.39, 0.29) is 21.3 Å². The van der Waals surface area contributed by atoms with Crippen molar-refractivity contribution in [2.24, 2.45) is 0 Å². The maximum atomic E-state index is 12.2. The molecule has 1 aromatic carbocycles. The van der Waals surface area contributed by atoms with Crippen LogP contribution in [-0.2, 0) is 9.59 Å².